The number of carbonyl (C=O) groups excluding carboxylic acids is 2. The molecule has 2 N–H and O–H groups in total. The Morgan fingerprint density at radius 3 is 2.22 bits per heavy atom. The second kappa shape index (κ2) is 7.63. The summed E-state index contributed by atoms with van der Waals surface area (Å²) < 4.78 is 22.9. The molecule has 0 amide bonds. The van der Waals surface area contributed by atoms with Crippen LogP contribution >= 0.6 is 0 Å². The highest BCUT2D eigenvalue weighted by molar-refractivity contribution is 6.05. The molecule has 0 saturated carbocycles. The number of carbonyl (C=O) groups is 2. The van der Waals surface area contributed by atoms with Crippen LogP contribution in [0.2, 0.25) is 0 Å². The van der Waals surface area contributed by atoms with Gasteiger partial charge in [-0.15, -0.1) is 0 Å². The van der Waals surface area contributed by atoms with E-state index in [2.05, 4.69) is 0 Å². The van der Waals surface area contributed by atoms with Crippen LogP contribution in [0, 0.1) is 15.9 Å². The van der Waals surface area contributed by atoms with Crippen LogP contribution < -0.4 is 5.73 Å². The van der Waals surface area contributed by atoms with E-state index >= 15 is 0 Å². The van der Waals surface area contributed by atoms with E-state index in [1.54, 1.807) is 0 Å². The molecule has 0 fully saturated rings. The van der Waals surface area contributed by atoms with Gasteiger partial charge in [0.2, 0.25) is 5.54 Å². The Bertz CT molecular complexity index is 601. The van der Waals surface area contributed by atoms with Crippen LogP contribution in [0.1, 0.15) is 19.4 Å². The quantitative estimate of drug-likeness (QED) is 0.344. The number of halogens is 1. The minimum Gasteiger partial charge on any atom is -0.464 e. The van der Waals surface area contributed by atoms with Gasteiger partial charge < -0.3 is 15.2 Å². The van der Waals surface area contributed by atoms with Crippen molar-refractivity contribution in [1.29, 1.82) is 0 Å². The lowest BCUT2D eigenvalue weighted by Gasteiger charge is -2.24. The van der Waals surface area contributed by atoms with Gasteiger partial charge in [0.05, 0.1) is 18.1 Å². The summed E-state index contributed by atoms with van der Waals surface area (Å²) >= 11 is 0. The number of nitrogens with two attached hydrogens (primary N) is 1. The third-order valence-electron chi connectivity index (χ3n) is 2.99. The van der Waals surface area contributed by atoms with Gasteiger partial charge >= 0.3 is 11.9 Å². The number of nitrogens with zero attached hydrogens (tertiary/aromatic N) is 1. The molecule has 0 unspecified atom stereocenters. The van der Waals surface area contributed by atoms with Crippen molar-refractivity contribution in [2.45, 2.75) is 25.8 Å². The van der Waals surface area contributed by atoms with Gasteiger partial charge in [0.25, 0.3) is 5.69 Å². The molecule has 0 heterocycles. The summed E-state index contributed by atoms with van der Waals surface area (Å²) in [6.07, 6.45) is -0.626. The maximum atomic E-state index is 13.4. The van der Waals surface area contributed by atoms with Gasteiger partial charge in [-0.25, -0.2) is 14.0 Å². The number of esters is 2. The third kappa shape index (κ3) is 4.22. The van der Waals surface area contributed by atoms with Crippen LogP contribution in [0.25, 0.3) is 0 Å². The van der Waals surface area contributed by atoms with Crippen molar-refractivity contribution < 1.29 is 28.4 Å². The molecule has 0 spiro atoms. The Balaban J connectivity index is 3.30. The summed E-state index contributed by atoms with van der Waals surface area (Å²) in [6, 6.07) is 2.67. The topological polar surface area (TPSA) is 122 Å². The molecule has 0 aliphatic carbocycles. The van der Waals surface area contributed by atoms with Gasteiger partial charge in [-0.05, 0) is 26.0 Å². The molecule has 0 saturated heterocycles. The van der Waals surface area contributed by atoms with Crippen molar-refractivity contribution in [3.05, 3.63) is 39.7 Å². The summed E-state index contributed by atoms with van der Waals surface area (Å²) in [7, 11) is 0. The maximum absolute atomic E-state index is 13.4. The minimum absolute atomic E-state index is 0.0531. The second-order valence-corrected chi connectivity index (χ2v) is 4.62. The largest absolute Gasteiger partial charge is 0.464 e. The van der Waals surface area contributed by atoms with Crippen molar-refractivity contribution in [3.8, 4) is 0 Å². The fourth-order valence-electron chi connectivity index (χ4n) is 1.92. The van der Waals surface area contributed by atoms with E-state index in [-0.39, 0.29) is 18.8 Å². The summed E-state index contributed by atoms with van der Waals surface area (Å²) in [5, 5.41) is 11.0. The molecule has 1 aromatic rings. The molecule has 0 aliphatic rings. The molecule has 0 aromatic heterocycles. The number of hydrogen-bond donors (Lipinski definition) is 1. The van der Waals surface area contributed by atoms with Gasteiger partial charge in [0.15, 0.2) is 0 Å². The fraction of sp³-hybridized carbons (Fsp3) is 0.429. The smallest absolute Gasteiger partial charge is 0.338 e. The van der Waals surface area contributed by atoms with E-state index < -0.39 is 40.3 Å². The van der Waals surface area contributed by atoms with Crippen molar-refractivity contribution in [3.63, 3.8) is 0 Å². The molecule has 8 nitrogen and oxygen atoms in total. The summed E-state index contributed by atoms with van der Waals surface area (Å²) in [5.41, 5.74) is 2.84. The monoisotopic (exact) mass is 328 g/mol. The average molecular weight is 328 g/mol. The van der Waals surface area contributed by atoms with Crippen LogP contribution in [0.15, 0.2) is 18.2 Å². The zero-order valence-corrected chi connectivity index (χ0v) is 12.7. The van der Waals surface area contributed by atoms with Crippen LogP contribution in [0.3, 0.4) is 0 Å². The summed E-state index contributed by atoms with van der Waals surface area (Å²) in [4.78, 5) is 34.3. The fourth-order valence-corrected chi connectivity index (χ4v) is 1.92. The lowest BCUT2D eigenvalue weighted by molar-refractivity contribution is -0.385. The molecule has 23 heavy (non-hydrogen) atoms. The van der Waals surface area contributed by atoms with Crippen LogP contribution in [-0.4, -0.2) is 35.6 Å². The predicted octanol–water partition coefficient (Wildman–Crippen LogP) is 1.10. The Kier molecular flexibility index (Phi) is 6.14. The molecule has 0 bridgehead atoms. The van der Waals surface area contributed by atoms with Gasteiger partial charge in [-0.2, -0.15) is 0 Å². The van der Waals surface area contributed by atoms with E-state index in [1.807, 2.05) is 0 Å². The van der Waals surface area contributed by atoms with E-state index in [4.69, 9.17) is 15.2 Å². The number of nitro benzene ring substituents is 1. The first kappa shape index (κ1) is 18.5. The molecule has 1 aromatic carbocycles. The molecule has 9 heteroatoms. The molecule has 126 valence electrons. The van der Waals surface area contributed by atoms with Gasteiger partial charge in [0, 0.05) is 18.1 Å². The van der Waals surface area contributed by atoms with E-state index in [1.165, 1.54) is 13.8 Å². The Hall–Kier alpha value is -2.55. The number of ether oxygens (including phenoxy) is 2. The zero-order valence-electron chi connectivity index (χ0n) is 12.7. The molecular formula is C14H17FN2O6. The summed E-state index contributed by atoms with van der Waals surface area (Å²) in [6.45, 7) is 2.91. The first-order valence-electron chi connectivity index (χ1n) is 6.82. The lowest BCUT2D eigenvalue weighted by Crippen LogP contribution is -2.58. The van der Waals surface area contributed by atoms with Gasteiger partial charge in [-0.3, -0.25) is 10.1 Å². The highest BCUT2D eigenvalue weighted by Crippen LogP contribution is 2.25. The Morgan fingerprint density at radius 1 is 1.26 bits per heavy atom. The molecule has 1 rings (SSSR count). The molecule has 0 atom stereocenters. The number of rotatable bonds is 7. The standard InChI is InChI=1S/C14H17FN2O6/c1-3-22-12(18)14(16,13(19)23-4-2)8-9-7-10(15)5-6-11(9)17(20)21/h5-7H,3-4,8,16H2,1-2H3. The molecular weight excluding hydrogens is 311 g/mol. The zero-order chi connectivity index (χ0) is 17.6. The molecule has 0 aliphatic heterocycles. The Morgan fingerprint density at radius 2 is 1.78 bits per heavy atom. The van der Waals surface area contributed by atoms with Crippen LogP contribution in [0.5, 0.6) is 0 Å². The van der Waals surface area contributed by atoms with Gasteiger partial charge in [-0.1, -0.05) is 0 Å². The van der Waals surface area contributed by atoms with E-state index in [0.717, 1.165) is 18.2 Å². The predicted molar refractivity (Wildman–Crippen MR) is 76.9 cm³/mol. The lowest BCUT2D eigenvalue weighted by atomic mass is 9.91. The van der Waals surface area contributed by atoms with Crippen LogP contribution in [0.4, 0.5) is 10.1 Å². The number of benzene rings is 1. The van der Waals surface area contributed by atoms with Crippen molar-refractivity contribution in [2.75, 3.05) is 13.2 Å². The van der Waals surface area contributed by atoms with Crippen molar-refractivity contribution in [2.24, 2.45) is 5.73 Å². The highest BCUT2D eigenvalue weighted by Gasteiger charge is 2.46. The highest BCUT2D eigenvalue weighted by atomic mass is 19.1. The second-order valence-electron chi connectivity index (χ2n) is 4.62. The van der Waals surface area contributed by atoms with E-state index in [0.29, 0.717) is 0 Å². The van der Waals surface area contributed by atoms with Crippen LogP contribution in [-0.2, 0) is 25.5 Å². The maximum Gasteiger partial charge on any atom is 0.338 e. The number of hydrogen-bond acceptors (Lipinski definition) is 7. The summed E-state index contributed by atoms with van der Waals surface area (Å²) in [5.74, 6) is -2.96. The average Bonchev–Trinajstić information content (AvgIpc) is 2.47. The first-order chi connectivity index (χ1) is 10.8. The van der Waals surface area contributed by atoms with Crippen molar-refractivity contribution >= 4 is 17.6 Å². The Labute approximate surface area is 131 Å². The number of nitro groups is 1. The van der Waals surface area contributed by atoms with Crippen molar-refractivity contribution in [1.82, 2.24) is 0 Å². The first-order valence-corrected chi connectivity index (χ1v) is 6.82. The normalized spacial score (nSPS) is 11.0. The van der Waals surface area contributed by atoms with Gasteiger partial charge in [0.1, 0.15) is 5.82 Å². The molecule has 0 radical (unpaired) electrons. The third-order valence-corrected chi connectivity index (χ3v) is 2.99. The SMILES string of the molecule is CCOC(=O)C(N)(Cc1cc(F)ccc1[N+](=O)[O-])C(=O)OCC. The van der Waals surface area contributed by atoms with E-state index in [9.17, 15) is 24.1 Å². The minimum atomic E-state index is -2.30.